The van der Waals surface area contributed by atoms with Crippen LogP contribution in [-0.4, -0.2) is 13.7 Å². The molecule has 0 saturated carbocycles. The van der Waals surface area contributed by atoms with Crippen LogP contribution >= 0.6 is 11.7 Å². The van der Waals surface area contributed by atoms with Gasteiger partial charge in [-0.25, -0.2) is 4.98 Å². The predicted molar refractivity (Wildman–Crippen MR) is 165 cm³/mol. The third-order valence-corrected chi connectivity index (χ3v) is 8.01. The van der Waals surface area contributed by atoms with E-state index in [0.29, 0.717) is 33.5 Å². The molecular weight excluding hydrogens is 551 g/mol. The van der Waals surface area contributed by atoms with Gasteiger partial charge in [-0.2, -0.15) is 29.8 Å². The molecule has 0 N–H and O–H groups in total. The van der Waals surface area contributed by atoms with E-state index in [9.17, 15) is 21.0 Å². The summed E-state index contributed by atoms with van der Waals surface area (Å²) in [5, 5.41) is 41.7. The number of hydrogen-bond donors (Lipinski definition) is 0. The molecule has 7 nitrogen and oxygen atoms in total. The molecule has 0 aliphatic heterocycles. The fourth-order valence-corrected chi connectivity index (χ4v) is 6.16. The Labute approximate surface area is 249 Å². The Bertz CT molecular complexity index is 2420. The van der Waals surface area contributed by atoms with Gasteiger partial charge in [0.15, 0.2) is 0 Å². The highest BCUT2D eigenvalue weighted by atomic mass is 32.1. The molecule has 0 saturated heterocycles. The second-order valence-electron chi connectivity index (χ2n) is 9.81. The van der Waals surface area contributed by atoms with E-state index in [1.165, 1.54) is 12.1 Å². The average Bonchev–Trinajstić information content (AvgIpc) is 3.57. The predicted octanol–water partition coefficient (Wildman–Crippen LogP) is 7.88. The molecule has 7 aromatic rings. The van der Waals surface area contributed by atoms with E-state index < -0.39 is 0 Å². The van der Waals surface area contributed by atoms with Crippen molar-refractivity contribution in [2.24, 2.45) is 0 Å². The number of hydrogen-bond acceptors (Lipinski definition) is 8. The van der Waals surface area contributed by atoms with Crippen molar-refractivity contribution < 1.29 is 0 Å². The van der Waals surface area contributed by atoms with Crippen molar-refractivity contribution in [2.45, 2.75) is 0 Å². The Kier molecular flexibility index (Phi) is 6.04. The van der Waals surface area contributed by atoms with Crippen molar-refractivity contribution in [1.29, 1.82) is 21.0 Å². The van der Waals surface area contributed by atoms with Gasteiger partial charge in [0.2, 0.25) is 0 Å². The summed E-state index contributed by atoms with van der Waals surface area (Å²) in [7, 11) is 0. The molecule has 0 radical (unpaired) electrons. The van der Waals surface area contributed by atoms with Crippen LogP contribution in [0, 0.1) is 45.3 Å². The van der Waals surface area contributed by atoms with E-state index in [0.717, 1.165) is 50.0 Å². The second kappa shape index (κ2) is 10.2. The van der Waals surface area contributed by atoms with Crippen LogP contribution in [-0.2, 0) is 0 Å². The van der Waals surface area contributed by atoms with E-state index in [2.05, 4.69) is 28.6 Å². The zero-order chi connectivity index (χ0) is 29.5. The van der Waals surface area contributed by atoms with Crippen molar-refractivity contribution >= 4 is 44.4 Å². The minimum absolute atomic E-state index is 0.226. The lowest BCUT2D eigenvalue weighted by Crippen LogP contribution is -1.96. The Morgan fingerprint density at radius 2 is 1.26 bits per heavy atom. The first-order valence-corrected chi connectivity index (χ1v) is 13.8. The molecule has 196 valence electrons. The SMILES string of the molecule is N#Cc1cc(C#N)c(-c2ccc3c(c2)nc(-c2ccccc2C#N)c2cc(-c4ccccc4)c4nsnc4c23)c(C#N)c1. The minimum atomic E-state index is 0.226. The van der Waals surface area contributed by atoms with Gasteiger partial charge < -0.3 is 0 Å². The minimum Gasteiger partial charge on any atom is -0.247 e. The number of fused-ring (bicyclic) bond motifs is 5. The summed E-state index contributed by atoms with van der Waals surface area (Å²) in [5.41, 5.74) is 7.53. The lowest BCUT2D eigenvalue weighted by Gasteiger charge is -2.15. The molecule has 0 aliphatic rings. The van der Waals surface area contributed by atoms with E-state index in [1.54, 1.807) is 6.07 Å². The van der Waals surface area contributed by atoms with Crippen molar-refractivity contribution in [3.8, 4) is 57.8 Å². The average molecular weight is 566 g/mol. The van der Waals surface area contributed by atoms with Gasteiger partial charge >= 0.3 is 0 Å². The second-order valence-corrected chi connectivity index (χ2v) is 10.3. The summed E-state index contributed by atoms with van der Waals surface area (Å²) in [6.45, 7) is 0. The van der Waals surface area contributed by atoms with Crippen molar-refractivity contribution in [3.05, 3.63) is 113 Å². The van der Waals surface area contributed by atoms with Gasteiger partial charge in [0.05, 0.1) is 69.5 Å². The molecule has 0 atom stereocenters. The van der Waals surface area contributed by atoms with Crippen LogP contribution in [0.4, 0.5) is 0 Å². The maximum Gasteiger partial charge on any atom is 0.114 e. The molecule has 0 aliphatic carbocycles. The molecule has 0 bridgehead atoms. The molecule has 0 amide bonds. The molecule has 43 heavy (non-hydrogen) atoms. The number of rotatable bonds is 3. The Balaban J connectivity index is 1.63. The molecule has 8 heteroatoms. The number of aromatic nitrogens is 3. The number of nitrogens with zero attached hydrogens (tertiary/aromatic N) is 7. The quantitative estimate of drug-likeness (QED) is 0.199. The highest BCUT2D eigenvalue weighted by Crippen LogP contribution is 2.42. The summed E-state index contributed by atoms with van der Waals surface area (Å²) < 4.78 is 9.41. The lowest BCUT2D eigenvalue weighted by atomic mass is 9.90. The van der Waals surface area contributed by atoms with Crippen LogP contribution in [0.5, 0.6) is 0 Å². The summed E-state index contributed by atoms with van der Waals surface area (Å²) >= 11 is 1.14. The fraction of sp³-hybridized carbons (Fsp3) is 0. The number of pyridine rings is 1. The van der Waals surface area contributed by atoms with Crippen molar-refractivity contribution in [3.63, 3.8) is 0 Å². The summed E-state index contributed by atoms with van der Waals surface area (Å²) in [6.07, 6.45) is 0. The maximum absolute atomic E-state index is 10.0. The van der Waals surface area contributed by atoms with Crippen LogP contribution in [0.3, 0.4) is 0 Å². The smallest absolute Gasteiger partial charge is 0.114 e. The summed E-state index contributed by atoms with van der Waals surface area (Å²) in [4.78, 5) is 5.13. The maximum atomic E-state index is 10.0. The fourth-order valence-electron chi connectivity index (χ4n) is 5.60. The topological polar surface area (TPSA) is 134 Å². The molecular formula is C35H15N7S. The third kappa shape index (κ3) is 4.04. The molecule has 2 aromatic heterocycles. The van der Waals surface area contributed by atoms with E-state index in [4.69, 9.17) is 9.36 Å². The molecule has 0 spiro atoms. The zero-order valence-electron chi connectivity index (χ0n) is 22.2. The van der Waals surface area contributed by atoms with E-state index in [1.807, 2.05) is 72.8 Å². The summed E-state index contributed by atoms with van der Waals surface area (Å²) in [5.74, 6) is 0. The van der Waals surface area contributed by atoms with Crippen LogP contribution in [0.15, 0.2) is 91.0 Å². The first kappa shape index (κ1) is 25.5. The van der Waals surface area contributed by atoms with Gasteiger partial charge in [-0.15, -0.1) is 0 Å². The molecule has 0 fully saturated rings. The Morgan fingerprint density at radius 3 is 1.98 bits per heavy atom. The van der Waals surface area contributed by atoms with Gasteiger partial charge in [-0.3, -0.25) is 0 Å². The number of nitriles is 4. The van der Waals surface area contributed by atoms with Gasteiger partial charge in [0.1, 0.15) is 11.0 Å². The highest BCUT2D eigenvalue weighted by Gasteiger charge is 2.21. The van der Waals surface area contributed by atoms with Crippen LogP contribution in [0.25, 0.3) is 66.2 Å². The zero-order valence-corrected chi connectivity index (χ0v) is 23.0. The normalized spacial score (nSPS) is 10.7. The standard InChI is InChI=1S/C35H15N7S/c36-16-20-12-24(18-38)31(25(13-20)19-39)22-10-11-27-30(14-22)40-33(26-9-5-4-8-23(26)17-37)29-15-28(21-6-2-1-3-7-21)34-35(32(27)29)42-43-41-34/h1-15H. The van der Waals surface area contributed by atoms with Gasteiger partial charge in [-0.1, -0.05) is 60.7 Å². The monoisotopic (exact) mass is 565 g/mol. The van der Waals surface area contributed by atoms with Crippen molar-refractivity contribution in [2.75, 3.05) is 0 Å². The largest absolute Gasteiger partial charge is 0.247 e. The van der Waals surface area contributed by atoms with Gasteiger partial charge in [-0.05, 0) is 41.5 Å². The number of benzene rings is 5. The Hall–Kier alpha value is -6.45. The molecule has 7 rings (SSSR count). The van der Waals surface area contributed by atoms with Crippen LogP contribution < -0.4 is 0 Å². The van der Waals surface area contributed by atoms with Crippen LogP contribution in [0.2, 0.25) is 0 Å². The van der Waals surface area contributed by atoms with Gasteiger partial charge in [0.25, 0.3) is 0 Å². The first-order valence-electron chi connectivity index (χ1n) is 13.1. The van der Waals surface area contributed by atoms with E-state index >= 15 is 0 Å². The lowest BCUT2D eigenvalue weighted by molar-refractivity contribution is 1.39. The van der Waals surface area contributed by atoms with Crippen molar-refractivity contribution in [1.82, 2.24) is 13.7 Å². The highest BCUT2D eigenvalue weighted by molar-refractivity contribution is 7.00. The third-order valence-electron chi connectivity index (χ3n) is 7.48. The molecule has 5 aromatic carbocycles. The molecule has 2 heterocycles. The first-order chi connectivity index (χ1) is 21.1. The van der Waals surface area contributed by atoms with E-state index in [-0.39, 0.29) is 16.7 Å². The van der Waals surface area contributed by atoms with Gasteiger partial charge in [0, 0.05) is 32.8 Å². The summed E-state index contributed by atoms with van der Waals surface area (Å²) in [6, 6.07) is 36.6. The Morgan fingerprint density at radius 1 is 0.558 bits per heavy atom. The molecule has 0 unspecified atom stereocenters. The van der Waals surface area contributed by atoms with Crippen LogP contribution in [0.1, 0.15) is 22.3 Å².